The second kappa shape index (κ2) is 46.4. The van der Waals surface area contributed by atoms with E-state index in [-0.39, 0.29) is 11.8 Å². The van der Waals surface area contributed by atoms with E-state index in [9.17, 15) is 9.59 Å². The summed E-state index contributed by atoms with van der Waals surface area (Å²) < 4.78 is 1.93. The molecule has 2 aliphatic rings. The molecule has 0 radical (unpaired) electrons. The van der Waals surface area contributed by atoms with Gasteiger partial charge >= 0.3 is 0 Å². The van der Waals surface area contributed by atoms with Crippen molar-refractivity contribution in [3.05, 3.63) is 56.5 Å². The summed E-state index contributed by atoms with van der Waals surface area (Å²) in [6, 6.07) is 12.4. The van der Waals surface area contributed by atoms with Crippen LogP contribution < -0.4 is 9.80 Å². The quantitative estimate of drug-likeness (QED) is 0.0489. The molecule has 456 valence electrons. The largest absolute Gasteiger partial charge is 0.308 e. The first kappa shape index (κ1) is 70.6. The van der Waals surface area contributed by atoms with Crippen molar-refractivity contribution in [3.63, 3.8) is 0 Å². The van der Waals surface area contributed by atoms with Gasteiger partial charge in [0.05, 0.1) is 22.5 Å². The lowest BCUT2D eigenvalue weighted by molar-refractivity contribution is -0.114. The van der Waals surface area contributed by atoms with Crippen LogP contribution in [-0.4, -0.2) is 24.9 Å². The lowest BCUT2D eigenvalue weighted by Gasteiger charge is -2.19. The van der Waals surface area contributed by atoms with Crippen LogP contribution in [0.2, 0.25) is 0 Å². The third kappa shape index (κ3) is 28.8. The van der Waals surface area contributed by atoms with E-state index in [0.717, 1.165) is 69.0 Å². The maximum atomic E-state index is 14.8. The maximum Gasteiger partial charge on any atom is 0.259 e. The summed E-state index contributed by atoms with van der Waals surface area (Å²) >= 11 is 7.49. The van der Waals surface area contributed by atoms with Crippen molar-refractivity contribution in [1.82, 2.24) is 0 Å². The van der Waals surface area contributed by atoms with Crippen LogP contribution in [0.15, 0.2) is 45.3 Å². The molecule has 0 aliphatic carbocycles. The van der Waals surface area contributed by atoms with Gasteiger partial charge in [0.25, 0.3) is 11.8 Å². The van der Waals surface area contributed by atoms with Crippen LogP contribution >= 0.6 is 31.9 Å². The first-order valence-electron chi connectivity index (χ1n) is 35.3. The molecule has 4 nitrogen and oxygen atoms in total. The van der Waals surface area contributed by atoms with Crippen molar-refractivity contribution in [3.8, 4) is 0 Å². The molecule has 0 bridgehead atoms. The number of fused-ring (bicyclic) bond motifs is 2. The number of unbranched alkanes of at least 4 members (excludes halogenated alkanes) is 38. The topological polar surface area (TPSA) is 40.6 Å². The molecule has 0 spiro atoms. The number of amides is 2. The molecule has 2 aromatic carbocycles. The molecule has 2 unspecified atom stereocenters. The van der Waals surface area contributed by atoms with Crippen LogP contribution in [0.5, 0.6) is 0 Å². The molecule has 0 N–H and O–H groups in total. The minimum absolute atomic E-state index is 0.0153. The fourth-order valence-electron chi connectivity index (χ4n) is 13.5. The molecule has 2 heterocycles. The average Bonchev–Trinajstić information content (AvgIpc) is 4.14. The van der Waals surface area contributed by atoms with Crippen molar-refractivity contribution < 1.29 is 9.59 Å². The standard InChI is InChI=1S/C74H124Br2N2O2/c1-5-9-13-17-21-25-27-31-35-43-51-63(49-41-33-29-23-19-15-11-7-3)53-45-37-39-47-59-77-69-61-65(75)55-57-67(69)71(73(77)79)72-68-58-56-66(76)62-70(68)78(74(72)80)60-48-40-38-46-54-64(50-42-34-30-24-20-16-12-8-4)52-44-36-32-28-26-22-18-14-10-6-2/h55-58,61-64H,5-54,59-60H2,1-4H3/b72-71+. The monoisotopic (exact) mass is 1230 g/mol. The number of carbonyl (C=O) groups is 2. The number of hydrogen-bond donors (Lipinski definition) is 0. The van der Waals surface area contributed by atoms with E-state index in [2.05, 4.69) is 83.8 Å². The van der Waals surface area contributed by atoms with Gasteiger partial charge in [0.1, 0.15) is 0 Å². The van der Waals surface area contributed by atoms with E-state index >= 15 is 0 Å². The molecule has 0 aromatic heterocycles. The van der Waals surface area contributed by atoms with E-state index in [1.54, 1.807) is 0 Å². The lowest BCUT2D eigenvalue weighted by Crippen LogP contribution is -2.30. The summed E-state index contributed by atoms with van der Waals surface area (Å²) in [7, 11) is 0. The molecule has 4 rings (SSSR count). The first-order chi connectivity index (χ1) is 39.3. The average molecular weight is 1230 g/mol. The van der Waals surface area contributed by atoms with E-state index in [1.165, 1.54) is 295 Å². The Hall–Kier alpha value is -1.92. The zero-order valence-corrected chi connectivity index (χ0v) is 56.0. The van der Waals surface area contributed by atoms with Crippen molar-refractivity contribution in [2.45, 2.75) is 349 Å². The number of halogens is 2. The molecule has 2 aromatic rings. The second-order valence-electron chi connectivity index (χ2n) is 25.6. The molecule has 80 heavy (non-hydrogen) atoms. The summed E-state index contributed by atoms with van der Waals surface area (Å²) in [6.45, 7) is 10.6. The highest BCUT2D eigenvalue weighted by Gasteiger charge is 2.42. The summed E-state index contributed by atoms with van der Waals surface area (Å²) in [5.41, 5.74) is 4.84. The highest BCUT2D eigenvalue weighted by atomic mass is 79.9. The minimum Gasteiger partial charge on any atom is -0.308 e. The van der Waals surface area contributed by atoms with Crippen molar-refractivity contribution in [1.29, 1.82) is 0 Å². The fraction of sp³-hybridized carbons (Fsp3) is 0.784. The number of nitrogens with zero attached hydrogens (tertiary/aromatic N) is 2. The van der Waals surface area contributed by atoms with Gasteiger partial charge in [0, 0.05) is 33.2 Å². The molecular formula is C74H124Br2N2O2. The first-order valence-corrected chi connectivity index (χ1v) is 36.9. The lowest BCUT2D eigenvalue weighted by atomic mass is 9.89. The molecule has 2 atom stereocenters. The molecule has 6 heteroatoms. The zero-order valence-electron chi connectivity index (χ0n) is 52.9. The Morgan fingerprint density at radius 2 is 0.512 bits per heavy atom. The van der Waals surface area contributed by atoms with Gasteiger partial charge in [0.2, 0.25) is 0 Å². The molecule has 0 saturated carbocycles. The van der Waals surface area contributed by atoms with Gasteiger partial charge in [0.15, 0.2) is 0 Å². The Morgan fingerprint density at radius 1 is 0.300 bits per heavy atom. The van der Waals surface area contributed by atoms with Gasteiger partial charge in [-0.1, -0.05) is 380 Å². The molecular weight excluding hydrogens is 1110 g/mol. The van der Waals surface area contributed by atoms with Crippen molar-refractivity contribution in [2.24, 2.45) is 11.8 Å². The highest BCUT2D eigenvalue weighted by molar-refractivity contribution is 9.10. The van der Waals surface area contributed by atoms with Crippen LogP contribution in [-0.2, 0) is 9.59 Å². The fourth-order valence-corrected chi connectivity index (χ4v) is 14.2. The van der Waals surface area contributed by atoms with Crippen LogP contribution in [0.25, 0.3) is 11.1 Å². The molecule has 0 saturated heterocycles. The SMILES string of the molecule is CCCCCCCCCCCCC(CCCCCCCCCC)CCCCCCN1C(=O)/C(=C2/C(=O)N(CCCCCCC(CCCCCCCCCC)CCCCCCCCCCCC)c3cc(Br)ccc32)c2ccc(Br)cc21. The summed E-state index contributed by atoms with van der Waals surface area (Å²) in [5, 5.41) is 0. The molecule has 0 fully saturated rings. The van der Waals surface area contributed by atoms with Crippen LogP contribution in [0.3, 0.4) is 0 Å². The predicted molar refractivity (Wildman–Crippen MR) is 360 cm³/mol. The van der Waals surface area contributed by atoms with Gasteiger partial charge in [-0.3, -0.25) is 9.59 Å². The summed E-state index contributed by atoms with van der Waals surface area (Å²) in [6.07, 6.45) is 68.2. The summed E-state index contributed by atoms with van der Waals surface area (Å²) in [4.78, 5) is 33.6. The Kier molecular flexibility index (Phi) is 40.9. The highest BCUT2D eigenvalue weighted by Crippen LogP contribution is 2.48. The normalized spacial score (nSPS) is 15.0. The van der Waals surface area contributed by atoms with Gasteiger partial charge in [-0.2, -0.15) is 0 Å². The van der Waals surface area contributed by atoms with Crippen LogP contribution in [0.1, 0.15) is 360 Å². The van der Waals surface area contributed by atoms with E-state index < -0.39 is 0 Å². The maximum absolute atomic E-state index is 14.8. The zero-order chi connectivity index (χ0) is 57.1. The third-order valence-electron chi connectivity index (χ3n) is 18.6. The number of rotatable bonds is 54. The van der Waals surface area contributed by atoms with Gasteiger partial charge in [-0.15, -0.1) is 0 Å². The van der Waals surface area contributed by atoms with Crippen LogP contribution in [0.4, 0.5) is 11.4 Å². The Labute approximate surface area is 512 Å². The number of benzene rings is 2. The van der Waals surface area contributed by atoms with E-state index in [1.807, 2.05) is 21.9 Å². The number of hydrogen-bond acceptors (Lipinski definition) is 2. The van der Waals surface area contributed by atoms with Crippen molar-refractivity contribution in [2.75, 3.05) is 22.9 Å². The number of anilines is 2. The second-order valence-corrected chi connectivity index (χ2v) is 27.4. The van der Waals surface area contributed by atoms with E-state index in [0.29, 0.717) is 24.2 Å². The smallest absolute Gasteiger partial charge is 0.259 e. The molecule has 2 amide bonds. The Balaban J connectivity index is 1.28. The van der Waals surface area contributed by atoms with Gasteiger partial charge in [-0.05, 0) is 48.9 Å². The Bertz CT molecular complexity index is 1790. The minimum atomic E-state index is -0.0153. The van der Waals surface area contributed by atoms with Crippen molar-refractivity contribution >= 4 is 66.2 Å². The van der Waals surface area contributed by atoms with E-state index in [4.69, 9.17) is 0 Å². The molecule has 2 aliphatic heterocycles. The third-order valence-corrected chi connectivity index (χ3v) is 19.5. The summed E-state index contributed by atoms with van der Waals surface area (Å²) in [5.74, 6) is 1.70. The number of carbonyl (C=O) groups excluding carboxylic acids is 2. The van der Waals surface area contributed by atoms with Crippen LogP contribution in [0, 0.1) is 11.8 Å². The predicted octanol–water partition coefficient (Wildman–Crippen LogP) is 25.6. The van der Waals surface area contributed by atoms with Gasteiger partial charge in [-0.25, -0.2) is 0 Å². The Morgan fingerprint density at radius 3 is 0.750 bits per heavy atom. The van der Waals surface area contributed by atoms with Gasteiger partial charge < -0.3 is 9.80 Å².